The maximum atomic E-state index is 14.8. The Hall–Kier alpha value is -3.62. The lowest BCUT2D eigenvalue weighted by atomic mass is 10.1. The van der Waals surface area contributed by atoms with Crippen molar-refractivity contribution in [3.63, 3.8) is 0 Å². The van der Waals surface area contributed by atoms with Crippen molar-refractivity contribution in [2.24, 2.45) is 0 Å². The summed E-state index contributed by atoms with van der Waals surface area (Å²) in [6.45, 7) is 3.40. The van der Waals surface area contributed by atoms with Crippen LogP contribution in [0.15, 0.2) is 35.3 Å². The van der Waals surface area contributed by atoms with Gasteiger partial charge in [0.15, 0.2) is 11.6 Å². The number of anilines is 1. The minimum atomic E-state index is -0.762. The second-order valence-electron chi connectivity index (χ2n) is 7.40. The Bertz CT molecular complexity index is 1240. The number of benzene rings is 1. The molecular weight excluding hydrogens is 417 g/mol. The Kier molecular flexibility index (Phi) is 5.98. The average Bonchev–Trinajstić information content (AvgIpc) is 2.75. The molecule has 4 rings (SSSR count). The van der Waals surface area contributed by atoms with E-state index in [4.69, 9.17) is 14.2 Å². The van der Waals surface area contributed by atoms with Crippen LogP contribution in [0.4, 0.5) is 10.2 Å². The lowest BCUT2D eigenvalue weighted by molar-refractivity contribution is 0.0524. The number of carbonyl (C=O) groups excluding carboxylic acids is 1. The summed E-state index contributed by atoms with van der Waals surface area (Å²) < 4.78 is 32.2. The molecule has 0 radical (unpaired) electrons. The van der Waals surface area contributed by atoms with Crippen molar-refractivity contribution in [1.29, 1.82) is 0 Å². The largest absolute Gasteiger partial charge is 0.497 e. The third-order valence-electron chi connectivity index (χ3n) is 5.47. The molecule has 3 heterocycles. The highest BCUT2D eigenvalue weighted by Gasteiger charge is 2.24. The van der Waals surface area contributed by atoms with E-state index < -0.39 is 17.2 Å². The fraction of sp³-hybridized carbons (Fsp3) is 0.348. The molecule has 0 saturated carbocycles. The number of methoxy groups -OCH3 is 2. The van der Waals surface area contributed by atoms with E-state index in [1.807, 2.05) is 11.0 Å². The number of fused-ring (bicyclic) bond motifs is 1. The molecule has 1 saturated heterocycles. The molecular formula is C23H24FN3O5. The Labute approximate surface area is 184 Å². The van der Waals surface area contributed by atoms with E-state index in [1.165, 1.54) is 6.20 Å². The third-order valence-corrected chi connectivity index (χ3v) is 5.47. The Morgan fingerprint density at radius 1 is 1.19 bits per heavy atom. The molecule has 1 fully saturated rings. The van der Waals surface area contributed by atoms with Crippen LogP contribution in [-0.4, -0.2) is 49.4 Å². The third kappa shape index (κ3) is 3.86. The summed E-state index contributed by atoms with van der Waals surface area (Å²) in [5.41, 5.74) is 0.261. The Balaban J connectivity index is 1.91. The molecule has 32 heavy (non-hydrogen) atoms. The summed E-state index contributed by atoms with van der Waals surface area (Å²) >= 11 is 0. The van der Waals surface area contributed by atoms with Crippen LogP contribution in [0.1, 0.15) is 29.3 Å². The van der Waals surface area contributed by atoms with Crippen molar-refractivity contribution in [3.8, 4) is 11.5 Å². The molecule has 1 aliphatic heterocycles. The van der Waals surface area contributed by atoms with Crippen molar-refractivity contribution >= 4 is 22.8 Å². The van der Waals surface area contributed by atoms with Gasteiger partial charge in [0, 0.05) is 30.9 Å². The highest BCUT2D eigenvalue weighted by Crippen LogP contribution is 2.28. The molecule has 8 nitrogen and oxygen atoms in total. The first-order valence-electron chi connectivity index (χ1n) is 10.3. The van der Waals surface area contributed by atoms with Crippen molar-refractivity contribution in [3.05, 3.63) is 57.6 Å². The summed E-state index contributed by atoms with van der Waals surface area (Å²) in [7, 11) is 3.10. The SMILES string of the molecule is CCOC(=O)c1cn(Cc2ccc(OC)cc2OC)c2nc(N3CCC3)c(F)cc2c1=O. The van der Waals surface area contributed by atoms with Crippen molar-refractivity contribution in [1.82, 2.24) is 9.55 Å². The molecule has 1 aromatic carbocycles. The van der Waals surface area contributed by atoms with Crippen molar-refractivity contribution < 1.29 is 23.4 Å². The minimum Gasteiger partial charge on any atom is -0.497 e. The van der Waals surface area contributed by atoms with Crippen LogP contribution in [0, 0.1) is 5.82 Å². The molecule has 3 aromatic rings. The van der Waals surface area contributed by atoms with E-state index in [0.29, 0.717) is 24.6 Å². The lowest BCUT2D eigenvalue weighted by Gasteiger charge is -2.32. The van der Waals surface area contributed by atoms with Crippen LogP contribution in [0.25, 0.3) is 11.0 Å². The van der Waals surface area contributed by atoms with E-state index in [2.05, 4.69) is 4.98 Å². The molecule has 0 N–H and O–H groups in total. The number of pyridine rings is 2. The maximum Gasteiger partial charge on any atom is 0.343 e. The first-order chi connectivity index (χ1) is 15.5. The number of carbonyl (C=O) groups is 1. The summed E-state index contributed by atoms with van der Waals surface area (Å²) in [5.74, 6) is 0.0373. The van der Waals surface area contributed by atoms with Crippen LogP contribution in [0.2, 0.25) is 0 Å². The zero-order valence-corrected chi connectivity index (χ0v) is 18.2. The molecule has 1 aliphatic rings. The number of aromatic nitrogens is 2. The van der Waals surface area contributed by atoms with Gasteiger partial charge in [0.25, 0.3) is 0 Å². The number of esters is 1. The molecule has 0 bridgehead atoms. The van der Waals surface area contributed by atoms with Gasteiger partial charge in [-0.25, -0.2) is 14.2 Å². The standard InChI is InChI=1S/C23H24FN3O5/c1-4-32-23(29)17-13-27(12-14-6-7-15(30-2)10-19(14)31-3)21-16(20(17)28)11-18(24)22(25-21)26-8-5-9-26/h6-7,10-11,13H,4-5,8-9,12H2,1-3H3. The van der Waals surface area contributed by atoms with Crippen LogP contribution in [-0.2, 0) is 11.3 Å². The van der Waals surface area contributed by atoms with Gasteiger partial charge in [0.05, 0.1) is 32.8 Å². The highest BCUT2D eigenvalue weighted by molar-refractivity contribution is 5.93. The van der Waals surface area contributed by atoms with Crippen LogP contribution in [0.3, 0.4) is 0 Å². The van der Waals surface area contributed by atoms with Gasteiger partial charge in [-0.05, 0) is 31.5 Å². The Morgan fingerprint density at radius 3 is 2.59 bits per heavy atom. The lowest BCUT2D eigenvalue weighted by Crippen LogP contribution is -2.38. The number of nitrogens with zero attached hydrogens (tertiary/aromatic N) is 3. The second kappa shape index (κ2) is 8.86. The van der Waals surface area contributed by atoms with Gasteiger partial charge >= 0.3 is 5.97 Å². The Morgan fingerprint density at radius 2 is 1.97 bits per heavy atom. The fourth-order valence-corrected chi connectivity index (χ4v) is 3.67. The number of hydrogen-bond acceptors (Lipinski definition) is 7. The van der Waals surface area contributed by atoms with Gasteiger partial charge < -0.3 is 23.7 Å². The second-order valence-corrected chi connectivity index (χ2v) is 7.40. The van der Waals surface area contributed by atoms with E-state index in [-0.39, 0.29) is 35.6 Å². The predicted molar refractivity (Wildman–Crippen MR) is 117 cm³/mol. The summed E-state index contributed by atoms with van der Waals surface area (Å²) in [5, 5.41) is 0.0183. The van der Waals surface area contributed by atoms with Crippen LogP contribution >= 0.6 is 0 Å². The molecule has 168 valence electrons. The first kappa shape index (κ1) is 21.6. The first-order valence-corrected chi connectivity index (χ1v) is 10.3. The van der Waals surface area contributed by atoms with Crippen molar-refractivity contribution in [2.45, 2.75) is 19.9 Å². The molecule has 2 aromatic heterocycles. The maximum absolute atomic E-state index is 14.8. The number of rotatable bonds is 7. The van der Waals surface area contributed by atoms with Gasteiger partial charge in [-0.3, -0.25) is 4.79 Å². The molecule has 9 heteroatoms. The zero-order valence-electron chi connectivity index (χ0n) is 18.2. The fourth-order valence-electron chi connectivity index (χ4n) is 3.67. The molecule has 0 atom stereocenters. The van der Waals surface area contributed by atoms with E-state index in [9.17, 15) is 14.0 Å². The quantitative estimate of drug-likeness (QED) is 0.521. The monoisotopic (exact) mass is 441 g/mol. The number of ether oxygens (including phenoxy) is 3. The van der Waals surface area contributed by atoms with Crippen molar-refractivity contribution in [2.75, 3.05) is 38.8 Å². The van der Waals surface area contributed by atoms with Gasteiger partial charge in [-0.1, -0.05) is 0 Å². The van der Waals surface area contributed by atoms with E-state index >= 15 is 0 Å². The van der Waals surface area contributed by atoms with Gasteiger partial charge in [0.2, 0.25) is 5.43 Å². The molecule has 0 aliphatic carbocycles. The molecule has 0 unspecified atom stereocenters. The molecule has 0 amide bonds. The minimum absolute atomic E-state index is 0.0183. The van der Waals surface area contributed by atoms with Crippen LogP contribution < -0.4 is 19.8 Å². The zero-order chi connectivity index (χ0) is 22.8. The normalized spacial score (nSPS) is 13.1. The molecule has 0 spiro atoms. The number of halogens is 1. The summed E-state index contributed by atoms with van der Waals surface area (Å²) in [6, 6.07) is 6.51. The number of hydrogen-bond donors (Lipinski definition) is 0. The average molecular weight is 441 g/mol. The van der Waals surface area contributed by atoms with E-state index in [0.717, 1.165) is 18.1 Å². The van der Waals surface area contributed by atoms with E-state index in [1.54, 1.807) is 37.8 Å². The smallest absolute Gasteiger partial charge is 0.343 e. The van der Waals surface area contributed by atoms with Crippen LogP contribution in [0.5, 0.6) is 11.5 Å². The summed E-state index contributed by atoms with van der Waals surface area (Å²) in [4.78, 5) is 31.7. The van der Waals surface area contributed by atoms with Gasteiger partial charge in [-0.2, -0.15) is 0 Å². The topological polar surface area (TPSA) is 82.9 Å². The predicted octanol–water partition coefficient (Wildman–Crippen LogP) is 2.99. The summed E-state index contributed by atoms with van der Waals surface area (Å²) in [6.07, 6.45) is 2.37. The highest BCUT2D eigenvalue weighted by atomic mass is 19.1. The van der Waals surface area contributed by atoms with Gasteiger partial charge in [0.1, 0.15) is 22.7 Å². The van der Waals surface area contributed by atoms with Gasteiger partial charge in [-0.15, -0.1) is 0 Å².